The van der Waals surface area contributed by atoms with Crippen LogP contribution in [-0.2, 0) is 16.0 Å². The Labute approximate surface area is 256 Å². The summed E-state index contributed by atoms with van der Waals surface area (Å²) in [7, 11) is 1.56. The van der Waals surface area contributed by atoms with Gasteiger partial charge >= 0.3 is 11.8 Å². The standard InChI is InChI=1S/C34H37FN4O5/c1-22-5-3-4-6-24(22)11-16-38-33(40)34(41)39-25-7-8-30(27(35)19-25)44-29-12-17-37-28-21-32(31(42-2)20-26(28)29)43-18-13-23-9-14-36-15-10-23/h3-8,12,17,19-21,23,36H,9-11,13-16,18H2,1-2H3,(H,38,40)(H,39,41). The Hall–Kier alpha value is -4.70. The fraction of sp³-hybridized carbons (Fsp3) is 0.324. The molecule has 1 saturated heterocycles. The minimum atomic E-state index is -0.885. The van der Waals surface area contributed by atoms with Gasteiger partial charge in [-0.3, -0.25) is 14.6 Å². The van der Waals surface area contributed by atoms with Gasteiger partial charge in [-0.2, -0.15) is 0 Å². The first-order valence-electron chi connectivity index (χ1n) is 14.8. The molecule has 3 N–H and O–H groups in total. The molecule has 10 heteroatoms. The molecule has 2 amide bonds. The summed E-state index contributed by atoms with van der Waals surface area (Å²) in [6, 6.07) is 17.0. The third-order valence-electron chi connectivity index (χ3n) is 7.79. The molecule has 4 aromatic rings. The van der Waals surface area contributed by atoms with Crippen LogP contribution in [0.25, 0.3) is 10.9 Å². The normalized spacial score (nSPS) is 13.3. The van der Waals surface area contributed by atoms with Crippen molar-refractivity contribution in [1.82, 2.24) is 15.6 Å². The van der Waals surface area contributed by atoms with Gasteiger partial charge in [0.15, 0.2) is 23.1 Å². The summed E-state index contributed by atoms with van der Waals surface area (Å²) in [5.41, 5.74) is 2.93. The number of hydrogen-bond donors (Lipinski definition) is 3. The highest BCUT2D eigenvalue weighted by atomic mass is 19.1. The van der Waals surface area contributed by atoms with Gasteiger partial charge in [-0.25, -0.2) is 4.39 Å². The lowest BCUT2D eigenvalue weighted by atomic mass is 9.95. The maximum Gasteiger partial charge on any atom is 0.313 e. The first-order chi connectivity index (χ1) is 21.4. The number of methoxy groups -OCH3 is 1. The number of fused-ring (bicyclic) bond motifs is 1. The molecule has 0 atom stereocenters. The van der Waals surface area contributed by atoms with E-state index in [0.29, 0.717) is 53.6 Å². The van der Waals surface area contributed by atoms with E-state index in [4.69, 9.17) is 14.2 Å². The van der Waals surface area contributed by atoms with Gasteiger partial charge in [-0.05, 0) is 87.0 Å². The predicted octanol–water partition coefficient (Wildman–Crippen LogP) is 5.55. The van der Waals surface area contributed by atoms with Crippen molar-refractivity contribution in [3.63, 3.8) is 0 Å². The molecule has 2 heterocycles. The number of aryl methyl sites for hydroxylation is 1. The summed E-state index contributed by atoms with van der Waals surface area (Å²) in [5, 5.41) is 9.03. The van der Waals surface area contributed by atoms with E-state index in [1.54, 1.807) is 31.5 Å². The number of nitrogens with one attached hydrogen (secondary N) is 3. The maximum atomic E-state index is 15.1. The quantitative estimate of drug-likeness (QED) is 0.194. The number of carbonyl (C=O) groups is 2. The van der Waals surface area contributed by atoms with Gasteiger partial charge in [0.25, 0.3) is 0 Å². The monoisotopic (exact) mass is 600 g/mol. The first kappa shape index (κ1) is 30.7. The van der Waals surface area contributed by atoms with E-state index in [2.05, 4.69) is 20.9 Å². The second-order valence-electron chi connectivity index (χ2n) is 10.8. The van der Waals surface area contributed by atoms with Crippen molar-refractivity contribution in [3.8, 4) is 23.0 Å². The molecule has 0 radical (unpaired) electrons. The Bertz CT molecular complexity index is 1620. The van der Waals surface area contributed by atoms with Crippen LogP contribution in [0.4, 0.5) is 10.1 Å². The Balaban J connectivity index is 1.20. The summed E-state index contributed by atoms with van der Waals surface area (Å²) >= 11 is 0. The number of carbonyl (C=O) groups excluding carboxylic acids is 2. The van der Waals surface area contributed by atoms with Crippen LogP contribution in [-0.4, -0.2) is 50.1 Å². The van der Waals surface area contributed by atoms with Crippen LogP contribution < -0.4 is 30.2 Å². The first-order valence-corrected chi connectivity index (χ1v) is 14.8. The number of amides is 2. The minimum absolute atomic E-state index is 0.0561. The van der Waals surface area contributed by atoms with Gasteiger partial charge in [0.05, 0.1) is 19.2 Å². The Morgan fingerprint density at radius 1 is 0.977 bits per heavy atom. The van der Waals surface area contributed by atoms with Gasteiger partial charge in [-0.15, -0.1) is 0 Å². The maximum absolute atomic E-state index is 15.1. The van der Waals surface area contributed by atoms with Crippen LogP contribution in [0.1, 0.15) is 30.4 Å². The predicted molar refractivity (Wildman–Crippen MR) is 167 cm³/mol. The molecule has 0 aliphatic carbocycles. The average Bonchev–Trinajstić information content (AvgIpc) is 3.03. The van der Waals surface area contributed by atoms with E-state index in [0.717, 1.165) is 49.5 Å². The van der Waals surface area contributed by atoms with Crippen LogP contribution in [0.3, 0.4) is 0 Å². The molecule has 0 saturated carbocycles. The smallest absolute Gasteiger partial charge is 0.313 e. The van der Waals surface area contributed by atoms with Crippen molar-refractivity contribution < 1.29 is 28.2 Å². The molecule has 1 fully saturated rings. The zero-order valence-electron chi connectivity index (χ0n) is 25.0. The lowest BCUT2D eigenvalue weighted by Crippen LogP contribution is -2.36. The van der Waals surface area contributed by atoms with Gasteiger partial charge in [0.1, 0.15) is 5.75 Å². The van der Waals surface area contributed by atoms with Crippen molar-refractivity contribution in [2.24, 2.45) is 5.92 Å². The van der Waals surface area contributed by atoms with Crippen LogP contribution in [0.15, 0.2) is 66.9 Å². The third-order valence-corrected chi connectivity index (χ3v) is 7.79. The molecular weight excluding hydrogens is 563 g/mol. The van der Waals surface area contributed by atoms with Gasteiger partial charge in [-0.1, -0.05) is 24.3 Å². The number of ether oxygens (including phenoxy) is 3. The number of pyridine rings is 1. The number of nitrogens with zero attached hydrogens (tertiary/aromatic N) is 1. The van der Waals surface area contributed by atoms with Gasteiger partial charge in [0.2, 0.25) is 0 Å². The van der Waals surface area contributed by atoms with Crippen molar-refractivity contribution >= 4 is 28.4 Å². The summed E-state index contributed by atoms with van der Waals surface area (Å²) in [6.07, 6.45) is 5.43. The zero-order valence-corrected chi connectivity index (χ0v) is 25.0. The number of aromatic nitrogens is 1. The average molecular weight is 601 g/mol. The summed E-state index contributed by atoms with van der Waals surface area (Å²) < 4.78 is 32.7. The van der Waals surface area contributed by atoms with Crippen LogP contribution in [0.5, 0.6) is 23.0 Å². The Morgan fingerprint density at radius 2 is 1.80 bits per heavy atom. The molecule has 0 spiro atoms. The van der Waals surface area contributed by atoms with Crippen molar-refractivity contribution in [3.05, 3.63) is 83.8 Å². The van der Waals surface area contributed by atoms with E-state index in [9.17, 15) is 9.59 Å². The van der Waals surface area contributed by atoms with Crippen molar-refractivity contribution in [2.75, 3.05) is 38.7 Å². The van der Waals surface area contributed by atoms with Crippen LogP contribution >= 0.6 is 0 Å². The molecule has 9 nitrogen and oxygen atoms in total. The number of rotatable bonds is 11. The van der Waals surface area contributed by atoms with E-state index >= 15 is 4.39 Å². The topological polar surface area (TPSA) is 111 Å². The fourth-order valence-electron chi connectivity index (χ4n) is 5.24. The Kier molecular flexibility index (Phi) is 10.2. The SMILES string of the molecule is COc1cc2c(Oc3ccc(NC(=O)C(=O)NCCc4ccccc4C)cc3F)ccnc2cc1OCCC1CCNCC1. The van der Waals surface area contributed by atoms with E-state index in [1.165, 1.54) is 12.1 Å². The fourth-order valence-corrected chi connectivity index (χ4v) is 5.24. The van der Waals surface area contributed by atoms with Crippen molar-refractivity contribution in [1.29, 1.82) is 0 Å². The second kappa shape index (κ2) is 14.7. The van der Waals surface area contributed by atoms with Gasteiger partial charge in [0, 0.05) is 35.9 Å². The van der Waals surface area contributed by atoms with Crippen LogP contribution in [0, 0.1) is 18.7 Å². The molecule has 44 heavy (non-hydrogen) atoms. The molecule has 5 rings (SSSR count). The number of benzene rings is 3. The highest BCUT2D eigenvalue weighted by Crippen LogP contribution is 2.38. The lowest BCUT2D eigenvalue weighted by Gasteiger charge is -2.22. The van der Waals surface area contributed by atoms with E-state index in [-0.39, 0.29) is 11.4 Å². The largest absolute Gasteiger partial charge is 0.493 e. The van der Waals surface area contributed by atoms with E-state index in [1.807, 2.05) is 31.2 Å². The van der Waals surface area contributed by atoms with Crippen molar-refractivity contribution in [2.45, 2.75) is 32.6 Å². The minimum Gasteiger partial charge on any atom is -0.493 e. The molecule has 1 aliphatic heterocycles. The van der Waals surface area contributed by atoms with Crippen LogP contribution in [0.2, 0.25) is 0 Å². The number of piperidine rings is 1. The molecule has 230 valence electrons. The Morgan fingerprint density at radius 3 is 2.57 bits per heavy atom. The third kappa shape index (κ3) is 7.82. The van der Waals surface area contributed by atoms with E-state index < -0.39 is 17.6 Å². The number of hydrogen-bond acceptors (Lipinski definition) is 7. The molecule has 1 aliphatic rings. The lowest BCUT2D eigenvalue weighted by molar-refractivity contribution is -0.136. The number of halogens is 1. The molecule has 0 unspecified atom stereocenters. The zero-order chi connectivity index (χ0) is 30.9. The molecular formula is C34H37FN4O5. The molecule has 0 bridgehead atoms. The second-order valence-corrected chi connectivity index (χ2v) is 10.8. The number of anilines is 1. The molecule has 1 aromatic heterocycles. The highest BCUT2D eigenvalue weighted by molar-refractivity contribution is 6.39. The highest BCUT2D eigenvalue weighted by Gasteiger charge is 2.18. The molecule has 3 aromatic carbocycles. The summed E-state index contributed by atoms with van der Waals surface area (Å²) in [6.45, 7) is 4.95. The summed E-state index contributed by atoms with van der Waals surface area (Å²) in [5.74, 6) is -0.326. The van der Waals surface area contributed by atoms with Gasteiger partial charge < -0.3 is 30.2 Å². The summed E-state index contributed by atoms with van der Waals surface area (Å²) in [4.78, 5) is 29.1.